The Labute approximate surface area is 141 Å². The van der Waals surface area contributed by atoms with E-state index in [1.807, 2.05) is 0 Å². The molecule has 0 saturated heterocycles. The quantitative estimate of drug-likeness (QED) is 0.616. The summed E-state index contributed by atoms with van der Waals surface area (Å²) in [6, 6.07) is 21.6. The van der Waals surface area contributed by atoms with Crippen LogP contribution in [0.25, 0.3) is 0 Å². The Morgan fingerprint density at radius 3 is 1.78 bits per heavy atom. The number of rotatable bonds is 11. The summed E-state index contributed by atoms with van der Waals surface area (Å²) in [5.41, 5.74) is 2.78. The van der Waals surface area contributed by atoms with Gasteiger partial charge >= 0.3 is 0 Å². The van der Waals surface area contributed by atoms with E-state index in [4.69, 9.17) is 0 Å². The molecule has 0 fully saturated rings. The van der Waals surface area contributed by atoms with E-state index in [1.165, 1.54) is 30.4 Å². The molecular weight excluding hydrogens is 280 g/mol. The van der Waals surface area contributed by atoms with Crippen LogP contribution in [0.3, 0.4) is 0 Å². The summed E-state index contributed by atoms with van der Waals surface area (Å²) < 4.78 is 0. The minimum Gasteiger partial charge on any atom is -0.317 e. The fourth-order valence-corrected chi connectivity index (χ4v) is 2.75. The number of nitrogens with zero attached hydrogens (tertiary/aromatic N) is 1. The summed E-state index contributed by atoms with van der Waals surface area (Å²) in [4.78, 5) is 2.55. The minimum atomic E-state index is 1.02. The first-order chi connectivity index (χ1) is 11.4. The van der Waals surface area contributed by atoms with Crippen molar-refractivity contribution in [2.45, 2.75) is 39.3 Å². The maximum atomic E-state index is 3.54. The SMILES string of the molecule is CCCCNCCCN(Cc1ccccc1)Cc1ccccc1. The van der Waals surface area contributed by atoms with Crippen molar-refractivity contribution in [3.05, 3.63) is 71.8 Å². The topological polar surface area (TPSA) is 15.3 Å². The van der Waals surface area contributed by atoms with Crippen LogP contribution in [0.5, 0.6) is 0 Å². The monoisotopic (exact) mass is 310 g/mol. The van der Waals surface area contributed by atoms with Crippen molar-refractivity contribution in [2.24, 2.45) is 0 Å². The molecule has 0 heterocycles. The molecule has 0 radical (unpaired) electrons. The first-order valence-electron chi connectivity index (χ1n) is 8.89. The second-order valence-electron chi connectivity index (χ2n) is 6.14. The molecule has 1 N–H and O–H groups in total. The predicted molar refractivity (Wildman–Crippen MR) is 99.4 cm³/mol. The Kier molecular flexibility index (Phi) is 8.46. The van der Waals surface area contributed by atoms with Crippen molar-refractivity contribution >= 4 is 0 Å². The van der Waals surface area contributed by atoms with Crippen molar-refractivity contribution in [3.8, 4) is 0 Å². The van der Waals surface area contributed by atoms with Crippen LogP contribution in [0.2, 0.25) is 0 Å². The largest absolute Gasteiger partial charge is 0.317 e. The molecule has 0 aliphatic rings. The summed E-state index contributed by atoms with van der Waals surface area (Å²) in [5, 5.41) is 3.54. The Balaban J connectivity index is 1.83. The van der Waals surface area contributed by atoms with Crippen LogP contribution in [0, 0.1) is 0 Å². The number of hydrogen-bond acceptors (Lipinski definition) is 2. The van der Waals surface area contributed by atoms with Crippen LogP contribution >= 0.6 is 0 Å². The Hall–Kier alpha value is -1.64. The predicted octanol–water partition coefficient (Wildman–Crippen LogP) is 4.47. The van der Waals surface area contributed by atoms with E-state index < -0.39 is 0 Å². The highest BCUT2D eigenvalue weighted by atomic mass is 15.1. The van der Waals surface area contributed by atoms with Crippen molar-refractivity contribution in [3.63, 3.8) is 0 Å². The average Bonchev–Trinajstić information content (AvgIpc) is 2.60. The van der Waals surface area contributed by atoms with E-state index in [-0.39, 0.29) is 0 Å². The Morgan fingerprint density at radius 2 is 1.26 bits per heavy atom. The standard InChI is InChI=1S/C21H30N2/c1-2-3-15-22-16-10-17-23(18-20-11-6-4-7-12-20)19-21-13-8-5-9-14-21/h4-9,11-14,22H,2-3,10,15-19H2,1H3. The number of nitrogens with one attached hydrogen (secondary N) is 1. The highest BCUT2D eigenvalue weighted by Gasteiger charge is 2.06. The van der Waals surface area contributed by atoms with E-state index in [0.29, 0.717) is 0 Å². The Morgan fingerprint density at radius 1 is 0.739 bits per heavy atom. The minimum absolute atomic E-state index is 1.02. The van der Waals surface area contributed by atoms with Crippen LogP contribution in [-0.4, -0.2) is 24.5 Å². The number of unbranched alkanes of at least 4 members (excludes halogenated alkanes) is 1. The molecule has 2 heteroatoms. The highest BCUT2D eigenvalue weighted by Crippen LogP contribution is 2.10. The van der Waals surface area contributed by atoms with E-state index >= 15 is 0 Å². The second-order valence-corrected chi connectivity index (χ2v) is 6.14. The molecule has 0 atom stereocenters. The number of hydrogen-bond donors (Lipinski definition) is 1. The summed E-state index contributed by atoms with van der Waals surface area (Å²) in [6.45, 7) is 7.66. The van der Waals surface area contributed by atoms with Gasteiger partial charge in [0, 0.05) is 19.6 Å². The van der Waals surface area contributed by atoms with Gasteiger partial charge in [-0.2, -0.15) is 0 Å². The van der Waals surface area contributed by atoms with Crippen LogP contribution in [0.1, 0.15) is 37.3 Å². The van der Waals surface area contributed by atoms with E-state index in [1.54, 1.807) is 0 Å². The molecule has 0 spiro atoms. The third-order valence-corrected chi connectivity index (χ3v) is 4.03. The van der Waals surface area contributed by atoms with Crippen molar-refractivity contribution in [1.29, 1.82) is 0 Å². The molecule has 23 heavy (non-hydrogen) atoms. The maximum Gasteiger partial charge on any atom is 0.0237 e. The molecule has 2 nitrogen and oxygen atoms in total. The van der Waals surface area contributed by atoms with Crippen LogP contribution < -0.4 is 5.32 Å². The van der Waals surface area contributed by atoms with Gasteiger partial charge in [0.2, 0.25) is 0 Å². The van der Waals surface area contributed by atoms with E-state index in [9.17, 15) is 0 Å². The van der Waals surface area contributed by atoms with E-state index in [0.717, 1.165) is 32.7 Å². The Bertz CT molecular complexity index is 468. The zero-order valence-corrected chi connectivity index (χ0v) is 14.4. The van der Waals surface area contributed by atoms with Gasteiger partial charge in [0.15, 0.2) is 0 Å². The molecular formula is C21H30N2. The normalized spacial score (nSPS) is 11.0. The highest BCUT2D eigenvalue weighted by molar-refractivity contribution is 5.17. The van der Waals surface area contributed by atoms with Crippen molar-refractivity contribution < 1.29 is 0 Å². The molecule has 0 aliphatic carbocycles. The van der Waals surface area contributed by atoms with Crippen LogP contribution in [0.15, 0.2) is 60.7 Å². The van der Waals surface area contributed by atoms with Crippen LogP contribution in [-0.2, 0) is 13.1 Å². The van der Waals surface area contributed by atoms with Gasteiger partial charge in [-0.05, 0) is 37.1 Å². The van der Waals surface area contributed by atoms with Gasteiger partial charge in [-0.15, -0.1) is 0 Å². The molecule has 0 bridgehead atoms. The number of benzene rings is 2. The lowest BCUT2D eigenvalue weighted by Crippen LogP contribution is -2.27. The third-order valence-electron chi connectivity index (χ3n) is 4.03. The summed E-state index contributed by atoms with van der Waals surface area (Å²) in [5.74, 6) is 0. The molecule has 2 aromatic carbocycles. The van der Waals surface area contributed by atoms with Gasteiger partial charge in [-0.3, -0.25) is 4.90 Å². The summed E-state index contributed by atoms with van der Waals surface area (Å²) in [6.07, 6.45) is 3.74. The van der Waals surface area contributed by atoms with Crippen molar-refractivity contribution in [2.75, 3.05) is 19.6 Å². The molecule has 0 unspecified atom stereocenters. The fourth-order valence-electron chi connectivity index (χ4n) is 2.75. The first-order valence-corrected chi connectivity index (χ1v) is 8.89. The van der Waals surface area contributed by atoms with Gasteiger partial charge in [0.05, 0.1) is 0 Å². The maximum absolute atomic E-state index is 3.54. The molecule has 2 rings (SSSR count). The fraction of sp³-hybridized carbons (Fsp3) is 0.429. The first kappa shape index (κ1) is 17.7. The average molecular weight is 310 g/mol. The molecule has 124 valence electrons. The molecule has 0 aromatic heterocycles. The molecule has 0 saturated carbocycles. The molecule has 0 amide bonds. The smallest absolute Gasteiger partial charge is 0.0237 e. The van der Waals surface area contributed by atoms with Crippen LogP contribution in [0.4, 0.5) is 0 Å². The third kappa shape index (κ3) is 7.45. The van der Waals surface area contributed by atoms with Gasteiger partial charge in [-0.25, -0.2) is 0 Å². The van der Waals surface area contributed by atoms with Gasteiger partial charge in [0.25, 0.3) is 0 Å². The van der Waals surface area contributed by atoms with Gasteiger partial charge in [0.1, 0.15) is 0 Å². The van der Waals surface area contributed by atoms with Gasteiger partial charge < -0.3 is 5.32 Å². The lowest BCUT2D eigenvalue weighted by Gasteiger charge is -2.23. The summed E-state index contributed by atoms with van der Waals surface area (Å²) in [7, 11) is 0. The summed E-state index contributed by atoms with van der Waals surface area (Å²) >= 11 is 0. The molecule has 2 aromatic rings. The lowest BCUT2D eigenvalue weighted by atomic mass is 10.1. The second kappa shape index (κ2) is 11.0. The van der Waals surface area contributed by atoms with Crippen molar-refractivity contribution in [1.82, 2.24) is 10.2 Å². The zero-order chi connectivity index (χ0) is 16.2. The lowest BCUT2D eigenvalue weighted by molar-refractivity contribution is 0.252. The van der Waals surface area contributed by atoms with E-state index in [2.05, 4.69) is 77.8 Å². The van der Waals surface area contributed by atoms with Gasteiger partial charge in [-0.1, -0.05) is 74.0 Å². The zero-order valence-electron chi connectivity index (χ0n) is 14.4. The molecule has 0 aliphatic heterocycles.